The molecule has 0 atom stereocenters. The van der Waals surface area contributed by atoms with Crippen LogP contribution in [0.3, 0.4) is 0 Å². The summed E-state index contributed by atoms with van der Waals surface area (Å²) in [6, 6.07) is 9.09. The first-order valence-corrected chi connectivity index (χ1v) is 11.3. The highest BCUT2D eigenvalue weighted by atomic mass is 35.5. The van der Waals surface area contributed by atoms with Crippen molar-refractivity contribution in [2.24, 2.45) is 0 Å². The molecule has 0 aliphatic carbocycles. The Kier molecular flexibility index (Phi) is 8.29. The zero-order chi connectivity index (χ0) is 23.3. The van der Waals surface area contributed by atoms with Crippen molar-refractivity contribution in [3.63, 3.8) is 0 Å². The van der Waals surface area contributed by atoms with E-state index in [9.17, 15) is 4.79 Å². The van der Waals surface area contributed by atoms with E-state index in [-0.39, 0.29) is 12.0 Å². The van der Waals surface area contributed by atoms with Gasteiger partial charge in [-0.3, -0.25) is 4.79 Å². The highest BCUT2D eigenvalue weighted by molar-refractivity contribution is 6.32. The second-order valence-corrected chi connectivity index (χ2v) is 8.82. The molecule has 8 heteroatoms. The van der Waals surface area contributed by atoms with Gasteiger partial charge in [-0.2, -0.15) is 0 Å². The molecule has 1 N–H and O–H groups in total. The van der Waals surface area contributed by atoms with Gasteiger partial charge >= 0.3 is 0 Å². The van der Waals surface area contributed by atoms with Crippen LogP contribution in [0.25, 0.3) is 6.08 Å². The van der Waals surface area contributed by atoms with E-state index in [4.69, 9.17) is 32.7 Å². The topological polar surface area (TPSA) is 54.0 Å². The quantitative estimate of drug-likeness (QED) is 0.555. The summed E-state index contributed by atoms with van der Waals surface area (Å²) in [6.07, 6.45) is 3.10. The summed E-state index contributed by atoms with van der Waals surface area (Å²) in [5.74, 6) is 0.736. The third-order valence-corrected chi connectivity index (χ3v) is 5.61. The van der Waals surface area contributed by atoms with Crippen LogP contribution in [-0.4, -0.2) is 57.2 Å². The number of rotatable bonds is 7. The average Bonchev–Trinajstić information content (AvgIpc) is 2.74. The van der Waals surface area contributed by atoms with Crippen LogP contribution in [0.2, 0.25) is 10.0 Å². The molecule has 1 saturated heterocycles. The fourth-order valence-electron chi connectivity index (χ4n) is 3.46. The van der Waals surface area contributed by atoms with Crippen LogP contribution in [0.4, 0.5) is 11.4 Å². The minimum Gasteiger partial charge on any atom is -0.493 e. The molecule has 172 valence electrons. The number of methoxy groups -OCH3 is 1. The summed E-state index contributed by atoms with van der Waals surface area (Å²) in [4.78, 5) is 17.2. The van der Waals surface area contributed by atoms with E-state index in [1.807, 2.05) is 26.0 Å². The van der Waals surface area contributed by atoms with Gasteiger partial charge < -0.3 is 24.6 Å². The van der Waals surface area contributed by atoms with E-state index < -0.39 is 0 Å². The third-order valence-electron chi connectivity index (χ3n) is 5.09. The van der Waals surface area contributed by atoms with Gasteiger partial charge in [0.1, 0.15) is 0 Å². The number of ether oxygens (including phenoxy) is 2. The molecule has 32 heavy (non-hydrogen) atoms. The number of hydrogen-bond donors (Lipinski definition) is 1. The van der Waals surface area contributed by atoms with Gasteiger partial charge in [0.05, 0.1) is 29.6 Å². The molecule has 0 bridgehead atoms. The number of likely N-dealkylation sites (N-methyl/N-ethyl adjacent to an activating group) is 1. The largest absolute Gasteiger partial charge is 0.493 e. The Morgan fingerprint density at radius 3 is 2.50 bits per heavy atom. The fourth-order valence-corrected chi connectivity index (χ4v) is 3.90. The molecule has 1 amide bonds. The van der Waals surface area contributed by atoms with Crippen LogP contribution in [0.1, 0.15) is 19.4 Å². The fraction of sp³-hybridized carbons (Fsp3) is 0.375. The number of anilines is 2. The molecule has 0 aromatic heterocycles. The lowest BCUT2D eigenvalue weighted by Gasteiger charge is -2.35. The highest BCUT2D eigenvalue weighted by Crippen LogP contribution is 2.37. The molecule has 0 unspecified atom stereocenters. The number of benzene rings is 2. The van der Waals surface area contributed by atoms with Crippen LogP contribution >= 0.6 is 23.2 Å². The zero-order valence-electron chi connectivity index (χ0n) is 18.8. The molecule has 1 fully saturated rings. The van der Waals surface area contributed by atoms with Crippen molar-refractivity contribution in [1.82, 2.24) is 4.90 Å². The smallest absolute Gasteiger partial charge is 0.248 e. The number of amides is 1. The van der Waals surface area contributed by atoms with Crippen LogP contribution in [0, 0.1) is 0 Å². The van der Waals surface area contributed by atoms with Gasteiger partial charge in [0.2, 0.25) is 5.91 Å². The van der Waals surface area contributed by atoms with Crippen molar-refractivity contribution in [3.05, 3.63) is 52.0 Å². The molecular weight excluding hydrogens is 449 g/mol. The van der Waals surface area contributed by atoms with Crippen LogP contribution in [0.15, 0.2) is 36.4 Å². The first kappa shape index (κ1) is 24.2. The number of carbonyl (C=O) groups excluding carboxylic acids is 1. The minimum absolute atomic E-state index is 0.0410. The highest BCUT2D eigenvalue weighted by Gasteiger charge is 2.18. The molecule has 1 aliphatic rings. The maximum atomic E-state index is 12.7. The second kappa shape index (κ2) is 10.9. The van der Waals surface area contributed by atoms with E-state index in [0.717, 1.165) is 37.4 Å². The standard InChI is InChI=1S/C24H29Cl2N3O3/c1-16(2)32-24-19(26)13-17(14-22(24)31-4)5-8-23(30)27-20-15-18(25)6-7-21(20)29-11-9-28(3)10-12-29/h5-8,13-16H,9-12H2,1-4H3,(H,27,30)/b8-5+. The number of carbonyl (C=O) groups is 1. The Balaban J connectivity index is 1.76. The van der Waals surface area contributed by atoms with Crippen LogP contribution in [0.5, 0.6) is 11.5 Å². The molecule has 3 rings (SSSR count). The number of halogens is 2. The first-order valence-electron chi connectivity index (χ1n) is 10.5. The third kappa shape index (κ3) is 6.31. The van der Waals surface area contributed by atoms with E-state index >= 15 is 0 Å². The van der Waals surface area contributed by atoms with E-state index in [0.29, 0.717) is 27.2 Å². The predicted molar refractivity (Wildman–Crippen MR) is 133 cm³/mol. The van der Waals surface area contributed by atoms with E-state index in [1.165, 1.54) is 6.08 Å². The molecule has 0 saturated carbocycles. The van der Waals surface area contributed by atoms with Crippen LogP contribution in [-0.2, 0) is 4.79 Å². The molecule has 1 heterocycles. The van der Waals surface area contributed by atoms with Crippen molar-refractivity contribution < 1.29 is 14.3 Å². The van der Waals surface area contributed by atoms with Gasteiger partial charge in [-0.1, -0.05) is 23.2 Å². The van der Waals surface area contributed by atoms with E-state index in [1.54, 1.807) is 31.4 Å². The minimum atomic E-state index is -0.264. The number of piperazine rings is 1. The second-order valence-electron chi connectivity index (χ2n) is 7.98. The van der Waals surface area contributed by atoms with Crippen molar-refractivity contribution in [3.8, 4) is 11.5 Å². The molecular formula is C24H29Cl2N3O3. The Morgan fingerprint density at radius 1 is 1.12 bits per heavy atom. The SMILES string of the molecule is COc1cc(/C=C/C(=O)Nc2cc(Cl)ccc2N2CCN(C)CC2)cc(Cl)c1OC(C)C. The van der Waals surface area contributed by atoms with Gasteiger partial charge in [-0.25, -0.2) is 0 Å². The molecule has 0 radical (unpaired) electrons. The normalized spacial score (nSPS) is 14.8. The monoisotopic (exact) mass is 477 g/mol. The summed E-state index contributed by atoms with van der Waals surface area (Å²) in [5, 5.41) is 3.95. The maximum absolute atomic E-state index is 12.7. The van der Waals surface area contributed by atoms with Crippen molar-refractivity contribution in [2.45, 2.75) is 20.0 Å². The first-order chi connectivity index (χ1) is 15.3. The van der Waals surface area contributed by atoms with Crippen LogP contribution < -0.4 is 19.7 Å². The number of nitrogens with zero attached hydrogens (tertiary/aromatic N) is 2. The summed E-state index contributed by atoms with van der Waals surface area (Å²) < 4.78 is 11.1. The number of hydrogen-bond acceptors (Lipinski definition) is 5. The summed E-state index contributed by atoms with van der Waals surface area (Å²) in [7, 11) is 3.66. The molecule has 6 nitrogen and oxygen atoms in total. The summed E-state index contributed by atoms with van der Waals surface area (Å²) in [5.41, 5.74) is 2.38. The number of nitrogens with one attached hydrogen (secondary N) is 1. The van der Waals surface area contributed by atoms with Crippen molar-refractivity contribution in [2.75, 3.05) is 50.6 Å². The molecule has 2 aromatic carbocycles. The predicted octanol–water partition coefficient (Wildman–Crippen LogP) is 5.19. The van der Waals surface area contributed by atoms with Gasteiger partial charge in [-0.15, -0.1) is 0 Å². The zero-order valence-corrected chi connectivity index (χ0v) is 20.3. The van der Waals surface area contributed by atoms with Gasteiger partial charge in [0.25, 0.3) is 0 Å². The lowest BCUT2D eigenvalue weighted by Crippen LogP contribution is -2.44. The lowest BCUT2D eigenvalue weighted by atomic mass is 10.1. The van der Waals surface area contributed by atoms with Gasteiger partial charge in [0.15, 0.2) is 11.5 Å². The Hall–Kier alpha value is -2.41. The average molecular weight is 478 g/mol. The van der Waals surface area contributed by atoms with Gasteiger partial charge in [-0.05, 0) is 62.9 Å². The summed E-state index contributed by atoms with van der Waals surface area (Å²) >= 11 is 12.6. The Labute approximate surface area is 199 Å². The Bertz CT molecular complexity index is 987. The maximum Gasteiger partial charge on any atom is 0.248 e. The van der Waals surface area contributed by atoms with Crippen molar-refractivity contribution >= 4 is 46.6 Å². The van der Waals surface area contributed by atoms with E-state index in [2.05, 4.69) is 22.2 Å². The summed E-state index contributed by atoms with van der Waals surface area (Å²) in [6.45, 7) is 7.55. The van der Waals surface area contributed by atoms with Crippen molar-refractivity contribution in [1.29, 1.82) is 0 Å². The lowest BCUT2D eigenvalue weighted by molar-refractivity contribution is -0.111. The molecule has 2 aromatic rings. The van der Waals surface area contributed by atoms with Gasteiger partial charge in [0, 0.05) is 37.3 Å². The molecule has 1 aliphatic heterocycles. The molecule has 0 spiro atoms. The Morgan fingerprint density at radius 2 is 1.84 bits per heavy atom.